The molecule has 130 valence electrons. The van der Waals surface area contributed by atoms with E-state index in [4.69, 9.17) is 16.7 Å². The molecule has 0 aliphatic heterocycles. The minimum absolute atomic E-state index is 0.0806. The van der Waals surface area contributed by atoms with Gasteiger partial charge in [0.1, 0.15) is 0 Å². The van der Waals surface area contributed by atoms with Crippen molar-refractivity contribution in [2.24, 2.45) is 0 Å². The van der Waals surface area contributed by atoms with Gasteiger partial charge in [0.2, 0.25) is 17.7 Å². The zero-order chi connectivity index (χ0) is 18.1. The van der Waals surface area contributed by atoms with Crippen molar-refractivity contribution in [3.8, 4) is 0 Å². The average molecular weight is 356 g/mol. The maximum atomic E-state index is 11.8. The zero-order valence-corrected chi connectivity index (χ0v) is 13.8. The molecule has 0 spiro atoms. The van der Waals surface area contributed by atoms with Gasteiger partial charge in [0.15, 0.2) is 0 Å². The molecule has 0 atom stereocenters. The summed E-state index contributed by atoms with van der Waals surface area (Å²) in [6, 6.07) is 5.10. The third kappa shape index (κ3) is 7.10. The smallest absolute Gasteiger partial charge is 0.303 e. The van der Waals surface area contributed by atoms with Crippen LogP contribution in [-0.2, 0) is 19.2 Å². The number of carboxylic acid groups (broad SMARTS) is 1. The first-order chi connectivity index (χ1) is 11.3. The van der Waals surface area contributed by atoms with Crippen molar-refractivity contribution < 1.29 is 24.3 Å². The summed E-state index contributed by atoms with van der Waals surface area (Å²) in [5, 5.41) is 11.6. The summed E-state index contributed by atoms with van der Waals surface area (Å²) in [5.74, 6) is -2.65. The molecule has 8 nitrogen and oxygen atoms in total. The summed E-state index contributed by atoms with van der Waals surface area (Å²) in [5.41, 5.74) is 5.48. The lowest BCUT2D eigenvalue weighted by molar-refractivity contribution is -0.139. The Hall–Kier alpha value is -2.61. The summed E-state index contributed by atoms with van der Waals surface area (Å²) < 4.78 is 0. The van der Waals surface area contributed by atoms with E-state index in [2.05, 4.69) is 16.2 Å². The van der Waals surface area contributed by atoms with Crippen molar-refractivity contribution in [3.63, 3.8) is 0 Å². The van der Waals surface area contributed by atoms with Crippen LogP contribution in [0.2, 0.25) is 5.02 Å². The van der Waals surface area contributed by atoms with Crippen molar-refractivity contribution in [1.82, 2.24) is 10.9 Å². The van der Waals surface area contributed by atoms with Gasteiger partial charge in [-0.25, -0.2) is 0 Å². The van der Waals surface area contributed by atoms with Gasteiger partial charge in [-0.2, -0.15) is 0 Å². The Labute approximate surface area is 143 Å². The first kappa shape index (κ1) is 19.4. The van der Waals surface area contributed by atoms with Crippen LogP contribution in [0.4, 0.5) is 5.69 Å². The molecule has 0 bridgehead atoms. The van der Waals surface area contributed by atoms with E-state index in [1.165, 1.54) is 0 Å². The Morgan fingerprint density at radius 1 is 0.958 bits per heavy atom. The summed E-state index contributed by atoms with van der Waals surface area (Å²) in [7, 11) is 0. The second-order valence-electron chi connectivity index (χ2n) is 4.95. The topological polar surface area (TPSA) is 125 Å². The highest BCUT2D eigenvalue weighted by atomic mass is 35.5. The largest absolute Gasteiger partial charge is 0.481 e. The van der Waals surface area contributed by atoms with E-state index >= 15 is 0 Å². The number of benzene rings is 1. The number of amides is 3. The van der Waals surface area contributed by atoms with Crippen LogP contribution in [-0.4, -0.2) is 28.8 Å². The molecular formula is C15H18ClN3O5. The summed E-state index contributed by atoms with van der Waals surface area (Å²) in [6.45, 7) is 1.76. The monoisotopic (exact) mass is 355 g/mol. The fourth-order valence-electron chi connectivity index (χ4n) is 1.67. The molecule has 1 aromatic carbocycles. The molecule has 9 heteroatoms. The molecule has 3 amide bonds. The van der Waals surface area contributed by atoms with E-state index in [9.17, 15) is 19.2 Å². The van der Waals surface area contributed by atoms with E-state index in [1.807, 2.05) is 0 Å². The van der Waals surface area contributed by atoms with Gasteiger partial charge in [0.25, 0.3) is 0 Å². The number of hydrogen-bond donors (Lipinski definition) is 4. The maximum absolute atomic E-state index is 11.8. The van der Waals surface area contributed by atoms with Crippen LogP contribution in [0.5, 0.6) is 0 Å². The number of rotatable bonds is 7. The first-order valence-corrected chi connectivity index (χ1v) is 7.52. The molecule has 0 aliphatic carbocycles. The molecule has 4 N–H and O–H groups in total. The van der Waals surface area contributed by atoms with Crippen molar-refractivity contribution in [2.45, 2.75) is 32.6 Å². The second kappa shape index (κ2) is 9.51. The van der Waals surface area contributed by atoms with Gasteiger partial charge >= 0.3 is 5.97 Å². The molecule has 0 unspecified atom stereocenters. The van der Waals surface area contributed by atoms with Gasteiger partial charge in [-0.15, -0.1) is 0 Å². The molecule has 0 aromatic heterocycles. The number of hydrogen-bond acceptors (Lipinski definition) is 4. The molecule has 0 saturated heterocycles. The number of halogens is 1. The number of nitrogens with one attached hydrogen (secondary N) is 3. The van der Waals surface area contributed by atoms with Crippen LogP contribution in [0, 0.1) is 6.92 Å². The number of carboxylic acids is 1. The number of anilines is 1. The molecular weight excluding hydrogens is 338 g/mol. The Balaban J connectivity index is 2.31. The summed E-state index contributed by atoms with van der Waals surface area (Å²) >= 11 is 5.95. The lowest BCUT2D eigenvalue weighted by atomic mass is 10.2. The maximum Gasteiger partial charge on any atom is 0.303 e. The molecule has 0 aliphatic rings. The average Bonchev–Trinajstić information content (AvgIpc) is 2.53. The molecule has 0 saturated carbocycles. The van der Waals surface area contributed by atoms with E-state index in [0.29, 0.717) is 10.7 Å². The summed E-state index contributed by atoms with van der Waals surface area (Å²) in [6.07, 6.45) is -0.791. The van der Waals surface area contributed by atoms with Crippen molar-refractivity contribution in [1.29, 1.82) is 0 Å². The molecule has 0 heterocycles. The van der Waals surface area contributed by atoms with Crippen LogP contribution in [0.3, 0.4) is 0 Å². The van der Waals surface area contributed by atoms with Crippen LogP contribution < -0.4 is 16.2 Å². The van der Waals surface area contributed by atoms with Gasteiger partial charge in [0.05, 0.1) is 6.42 Å². The SMILES string of the molecule is Cc1c(Cl)cccc1NC(=O)CCC(=O)NNC(=O)CCC(=O)O. The lowest BCUT2D eigenvalue weighted by Crippen LogP contribution is -2.41. The fourth-order valence-corrected chi connectivity index (χ4v) is 1.84. The van der Waals surface area contributed by atoms with Gasteiger partial charge in [-0.1, -0.05) is 17.7 Å². The third-order valence-electron chi connectivity index (χ3n) is 3.03. The zero-order valence-electron chi connectivity index (χ0n) is 13.0. The van der Waals surface area contributed by atoms with Gasteiger partial charge in [-0.05, 0) is 24.6 Å². The van der Waals surface area contributed by atoms with Gasteiger partial charge in [0, 0.05) is 30.0 Å². The van der Waals surface area contributed by atoms with Crippen LogP contribution in [0.25, 0.3) is 0 Å². The molecule has 0 radical (unpaired) electrons. The van der Waals surface area contributed by atoms with Crippen molar-refractivity contribution in [2.75, 3.05) is 5.32 Å². The number of aliphatic carboxylic acids is 1. The van der Waals surface area contributed by atoms with Crippen LogP contribution in [0.15, 0.2) is 18.2 Å². The number of carbonyl (C=O) groups excluding carboxylic acids is 3. The predicted octanol–water partition coefficient (Wildman–Crippen LogP) is 1.38. The lowest BCUT2D eigenvalue weighted by Gasteiger charge is -2.10. The number of carbonyl (C=O) groups is 4. The molecule has 24 heavy (non-hydrogen) atoms. The molecule has 0 fully saturated rings. The Bertz CT molecular complexity index is 648. The Morgan fingerprint density at radius 2 is 1.50 bits per heavy atom. The van der Waals surface area contributed by atoms with E-state index in [-0.39, 0.29) is 31.6 Å². The number of hydrazine groups is 1. The van der Waals surface area contributed by atoms with Crippen LogP contribution in [0.1, 0.15) is 31.2 Å². The normalized spacial score (nSPS) is 9.92. The molecule has 1 aromatic rings. The minimum Gasteiger partial charge on any atom is -0.481 e. The van der Waals surface area contributed by atoms with E-state index < -0.39 is 17.8 Å². The first-order valence-electron chi connectivity index (χ1n) is 7.14. The van der Waals surface area contributed by atoms with Crippen molar-refractivity contribution in [3.05, 3.63) is 28.8 Å². The standard InChI is InChI=1S/C15H18ClN3O5/c1-9-10(16)3-2-4-11(9)17-12(20)5-6-13(21)18-19-14(22)7-8-15(23)24/h2-4H,5-8H2,1H3,(H,17,20)(H,18,21)(H,19,22)(H,23,24). The molecule has 1 rings (SSSR count). The quantitative estimate of drug-likeness (QED) is 0.550. The third-order valence-corrected chi connectivity index (χ3v) is 3.44. The second-order valence-corrected chi connectivity index (χ2v) is 5.36. The minimum atomic E-state index is -1.11. The predicted molar refractivity (Wildman–Crippen MR) is 87.2 cm³/mol. The highest BCUT2D eigenvalue weighted by Crippen LogP contribution is 2.22. The van der Waals surface area contributed by atoms with Gasteiger partial charge in [-0.3, -0.25) is 30.0 Å². The van der Waals surface area contributed by atoms with Crippen LogP contribution >= 0.6 is 11.6 Å². The van der Waals surface area contributed by atoms with Crippen molar-refractivity contribution >= 4 is 41.0 Å². The van der Waals surface area contributed by atoms with Gasteiger partial charge < -0.3 is 10.4 Å². The van der Waals surface area contributed by atoms with E-state index in [0.717, 1.165) is 5.56 Å². The Kier molecular flexibility index (Phi) is 7.70. The fraction of sp³-hybridized carbons (Fsp3) is 0.333. The Morgan fingerprint density at radius 3 is 2.08 bits per heavy atom. The highest BCUT2D eigenvalue weighted by Gasteiger charge is 2.11. The highest BCUT2D eigenvalue weighted by molar-refractivity contribution is 6.31. The summed E-state index contributed by atoms with van der Waals surface area (Å²) in [4.78, 5) is 44.8. The van der Waals surface area contributed by atoms with E-state index in [1.54, 1.807) is 25.1 Å².